The van der Waals surface area contributed by atoms with E-state index in [1.807, 2.05) is 6.07 Å². The van der Waals surface area contributed by atoms with Gasteiger partial charge in [0.2, 0.25) is 5.91 Å². The van der Waals surface area contributed by atoms with E-state index in [0.29, 0.717) is 16.8 Å². The van der Waals surface area contributed by atoms with Crippen LogP contribution in [0.2, 0.25) is 0 Å². The molecule has 1 unspecified atom stereocenters. The lowest BCUT2D eigenvalue weighted by atomic mass is 10.0. The van der Waals surface area contributed by atoms with Crippen LogP contribution in [0.4, 0.5) is 5.69 Å². The molecule has 0 aliphatic heterocycles. The topological polar surface area (TPSA) is 92.3 Å². The number of ketones is 1. The van der Waals surface area contributed by atoms with Crippen molar-refractivity contribution < 1.29 is 18.0 Å². The Balaban J connectivity index is 1.70. The molecule has 0 saturated heterocycles. The summed E-state index contributed by atoms with van der Waals surface area (Å²) in [7, 11) is -3.76. The average Bonchev–Trinajstić information content (AvgIpc) is 3.24. The van der Waals surface area contributed by atoms with Crippen molar-refractivity contribution in [2.45, 2.75) is 17.2 Å². The number of hydrogen-bond acceptors (Lipinski definition) is 5. The summed E-state index contributed by atoms with van der Waals surface area (Å²) in [5.41, 5.74) is 1.38. The third kappa shape index (κ3) is 4.72. The van der Waals surface area contributed by atoms with Crippen LogP contribution < -0.4 is 10.0 Å². The van der Waals surface area contributed by atoms with E-state index in [2.05, 4.69) is 10.0 Å². The van der Waals surface area contributed by atoms with Gasteiger partial charge in [0.25, 0.3) is 10.0 Å². The number of anilines is 1. The average molecular weight is 415 g/mol. The Labute approximate surface area is 167 Å². The van der Waals surface area contributed by atoms with Crippen molar-refractivity contribution in [2.75, 3.05) is 5.32 Å². The van der Waals surface area contributed by atoms with E-state index < -0.39 is 22.0 Å². The maximum absolute atomic E-state index is 12.5. The second kappa shape index (κ2) is 8.47. The molecule has 1 aromatic heterocycles. The molecule has 6 nitrogen and oxygen atoms in total. The maximum atomic E-state index is 12.5. The number of hydrogen-bond donors (Lipinski definition) is 2. The highest BCUT2D eigenvalue weighted by molar-refractivity contribution is 7.91. The number of thiophene rings is 1. The molecule has 3 rings (SSSR count). The second-order valence-electron chi connectivity index (χ2n) is 6.04. The van der Waals surface area contributed by atoms with Crippen LogP contribution in [-0.2, 0) is 14.8 Å². The first-order valence-electron chi connectivity index (χ1n) is 8.43. The largest absolute Gasteiger partial charge is 0.325 e. The first kappa shape index (κ1) is 19.9. The van der Waals surface area contributed by atoms with Gasteiger partial charge in [-0.15, -0.1) is 11.3 Å². The first-order chi connectivity index (χ1) is 13.4. The third-order valence-electron chi connectivity index (χ3n) is 3.91. The molecule has 0 saturated carbocycles. The summed E-state index contributed by atoms with van der Waals surface area (Å²) in [5.74, 6) is -0.687. The Bertz CT molecular complexity index is 1080. The van der Waals surface area contributed by atoms with Crippen LogP contribution in [0.3, 0.4) is 0 Å². The molecular weight excluding hydrogens is 396 g/mol. The lowest BCUT2D eigenvalue weighted by molar-refractivity contribution is -0.117. The Morgan fingerprint density at radius 3 is 2.32 bits per heavy atom. The normalized spacial score (nSPS) is 12.3. The van der Waals surface area contributed by atoms with E-state index in [0.717, 1.165) is 11.3 Å². The van der Waals surface area contributed by atoms with Gasteiger partial charge in [0.05, 0.1) is 6.04 Å². The highest BCUT2D eigenvalue weighted by atomic mass is 32.2. The lowest BCUT2D eigenvalue weighted by Gasteiger charge is -2.14. The molecule has 0 spiro atoms. The molecule has 0 radical (unpaired) electrons. The summed E-state index contributed by atoms with van der Waals surface area (Å²) in [5, 5.41) is 4.29. The second-order valence-corrected chi connectivity index (χ2v) is 8.93. The smallest absolute Gasteiger partial charge is 0.250 e. The fourth-order valence-corrected chi connectivity index (χ4v) is 4.72. The Hall–Kier alpha value is -2.81. The minimum Gasteiger partial charge on any atom is -0.325 e. The minimum atomic E-state index is -3.76. The minimum absolute atomic E-state index is 0.141. The molecule has 28 heavy (non-hydrogen) atoms. The van der Waals surface area contributed by atoms with Crippen molar-refractivity contribution in [3.05, 3.63) is 83.2 Å². The molecule has 144 valence electrons. The maximum Gasteiger partial charge on any atom is 0.250 e. The molecule has 0 aliphatic rings. The predicted octanol–water partition coefficient (Wildman–Crippen LogP) is 3.28. The van der Waals surface area contributed by atoms with Gasteiger partial charge in [0.15, 0.2) is 5.78 Å². The van der Waals surface area contributed by atoms with E-state index in [4.69, 9.17) is 0 Å². The molecule has 3 aromatic rings. The van der Waals surface area contributed by atoms with Gasteiger partial charge < -0.3 is 5.32 Å². The lowest BCUT2D eigenvalue weighted by Crippen LogP contribution is -2.41. The van der Waals surface area contributed by atoms with Crippen LogP contribution in [0, 0.1) is 0 Å². The number of carbonyl (C=O) groups excluding carboxylic acids is 2. The highest BCUT2D eigenvalue weighted by Crippen LogP contribution is 2.17. The van der Waals surface area contributed by atoms with E-state index in [1.165, 1.54) is 13.0 Å². The van der Waals surface area contributed by atoms with E-state index in [9.17, 15) is 18.0 Å². The quantitative estimate of drug-likeness (QED) is 0.580. The van der Waals surface area contributed by atoms with E-state index in [-0.39, 0.29) is 9.99 Å². The molecule has 0 bridgehead atoms. The van der Waals surface area contributed by atoms with Crippen LogP contribution in [0.25, 0.3) is 0 Å². The van der Waals surface area contributed by atoms with Gasteiger partial charge >= 0.3 is 0 Å². The van der Waals surface area contributed by atoms with Crippen molar-refractivity contribution in [3.63, 3.8) is 0 Å². The van der Waals surface area contributed by atoms with Crippen molar-refractivity contribution >= 4 is 38.7 Å². The van der Waals surface area contributed by atoms with E-state index >= 15 is 0 Å². The Morgan fingerprint density at radius 1 is 0.929 bits per heavy atom. The van der Waals surface area contributed by atoms with Crippen LogP contribution in [0.5, 0.6) is 0 Å². The zero-order valence-electron chi connectivity index (χ0n) is 15.0. The molecule has 1 amide bonds. The summed E-state index contributed by atoms with van der Waals surface area (Å²) in [4.78, 5) is 24.9. The van der Waals surface area contributed by atoms with Crippen molar-refractivity contribution in [2.24, 2.45) is 0 Å². The zero-order valence-corrected chi connectivity index (χ0v) is 16.6. The fourth-order valence-electron chi connectivity index (χ4n) is 2.51. The number of rotatable bonds is 7. The number of carbonyl (C=O) groups is 2. The first-order valence-corrected chi connectivity index (χ1v) is 10.8. The molecule has 0 aliphatic carbocycles. The summed E-state index contributed by atoms with van der Waals surface area (Å²) >= 11 is 1.07. The Kier molecular flexibility index (Phi) is 6.03. The number of amides is 1. The van der Waals surface area contributed by atoms with Gasteiger partial charge in [-0.05, 0) is 30.5 Å². The van der Waals surface area contributed by atoms with Crippen LogP contribution >= 0.6 is 11.3 Å². The Morgan fingerprint density at radius 2 is 1.64 bits per heavy atom. The van der Waals surface area contributed by atoms with Gasteiger partial charge in [0.1, 0.15) is 4.21 Å². The van der Waals surface area contributed by atoms with Gasteiger partial charge in [-0.1, -0.05) is 48.5 Å². The molecule has 0 fully saturated rings. The summed E-state index contributed by atoms with van der Waals surface area (Å²) in [6, 6.07) is 17.4. The van der Waals surface area contributed by atoms with Crippen LogP contribution in [0.1, 0.15) is 22.8 Å². The van der Waals surface area contributed by atoms with Gasteiger partial charge in [0, 0.05) is 16.8 Å². The van der Waals surface area contributed by atoms with Gasteiger partial charge in [-0.2, -0.15) is 4.72 Å². The summed E-state index contributed by atoms with van der Waals surface area (Å²) < 4.78 is 27.0. The number of benzene rings is 2. The third-order valence-corrected chi connectivity index (χ3v) is 6.85. The molecule has 8 heteroatoms. The summed E-state index contributed by atoms with van der Waals surface area (Å²) in [6.07, 6.45) is 0. The molecule has 1 atom stereocenters. The number of nitrogens with one attached hydrogen (secondary N) is 2. The van der Waals surface area contributed by atoms with Gasteiger partial charge in [-0.25, -0.2) is 8.42 Å². The van der Waals surface area contributed by atoms with Crippen molar-refractivity contribution in [1.29, 1.82) is 0 Å². The molecule has 2 N–H and O–H groups in total. The van der Waals surface area contributed by atoms with Gasteiger partial charge in [-0.3, -0.25) is 9.59 Å². The molecular formula is C20H18N2O4S2. The van der Waals surface area contributed by atoms with Crippen molar-refractivity contribution in [3.8, 4) is 0 Å². The standard InChI is InChI=1S/C20H18N2O4S2/c1-14(22-28(25,26)18-11-6-12-27-18)20(24)21-17-10-5-9-16(13-17)19(23)15-7-3-2-4-8-15/h2-14,22H,1H3,(H,21,24). The van der Waals surface area contributed by atoms with E-state index in [1.54, 1.807) is 60.0 Å². The number of sulfonamides is 1. The monoisotopic (exact) mass is 414 g/mol. The fraction of sp³-hybridized carbons (Fsp3) is 0.100. The summed E-state index contributed by atoms with van der Waals surface area (Å²) in [6.45, 7) is 1.46. The highest BCUT2D eigenvalue weighted by Gasteiger charge is 2.23. The molecule has 2 aromatic carbocycles. The zero-order chi connectivity index (χ0) is 20.1. The SMILES string of the molecule is CC(NS(=O)(=O)c1cccs1)C(=O)Nc1cccc(C(=O)c2ccccc2)c1. The molecule has 1 heterocycles. The predicted molar refractivity (Wildman–Crippen MR) is 109 cm³/mol. The van der Waals surface area contributed by atoms with Crippen LogP contribution in [-0.4, -0.2) is 26.2 Å². The van der Waals surface area contributed by atoms with Crippen molar-refractivity contribution in [1.82, 2.24) is 4.72 Å². The van der Waals surface area contributed by atoms with Crippen LogP contribution in [0.15, 0.2) is 76.3 Å².